The normalized spacial score (nSPS) is 28.2. The zero-order valence-electron chi connectivity index (χ0n) is 18.5. The van der Waals surface area contributed by atoms with E-state index in [9.17, 15) is 4.79 Å². The van der Waals surface area contributed by atoms with E-state index in [1.807, 2.05) is 24.3 Å². The lowest BCUT2D eigenvalue weighted by Crippen LogP contribution is -2.48. The van der Waals surface area contributed by atoms with Gasteiger partial charge in [-0.2, -0.15) is 0 Å². The number of nitrogens with one attached hydrogen (secondary N) is 2. The van der Waals surface area contributed by atoms with Gasteiger partial charge in [-0.3, -0.25) is 10.2 Å². The summed E-state index contributed by atoms with van der Waals surface area (Å²) in [5, 5.41) is 1.24. The van der Waals surface area contributed by atoms with E-state index in [2.05, 4.69) is 47.2 Å². The molecule has 7 rings (SSSR count). The number of pyridine rings is 1. The topological polar surface area (TPSA) is 54.0 Å². The Bertz CT molecular complexity index is 1100. The molecule has 164 valence electrons. The quantitative estimate of drug-likeness (QED) is 0.423. The molecule has 0 unspecified atom stereocenters. The van der Waals surface area contributed by atoms with Gasteiger partial charge in [0.2, 0.25) is 0 Å². The van der Waals surface area contributed by atoms with E-state index in [1.54, 1.807) is 0 Å². The highest BCUT2D eigenvalue weighted by Gasteiger charge is 2.52. The number of carbonyl (C=O) groups excluding carboxylic acids is 1. The summed E-state index contributed by atoms with van der Waals surface area (Å²) in [5.74, 6) is 2.45. The van der Waals surface area contributed by atoms with Gasteiger partial charge in [-0.05, 0) is 91.4 Å². The summed E-state index contributed by atoms with van der Waals surface area (Å²) >= 11 is 0. The van der Waals surface area contributed by atoms with Crippen LogP contribution in [0, 0.1) is 17.8 Å². The summed E-state index contributed by atoms with van der Waals surface area (Å²) in [6.45, 7) is 0.686. The lowest BCUT2D eigenvalue weighted by atomic mass is 9.48. The van der Waals surface area contributed by atoms with Crippen molar-refractivity contribution in [3.63, 3.8) is 0 Å². The van der Waals surface area contributed by atoms with Crippen LogP contribution in [0.1, 0.15) is 60.1 Å². The standard InChI is InChI=1S/C28H31N3O/c32-27(31-29-11-10-19-6-2-1-3-7-19)26-15-24(23-8-4-5-9-25(23)30-26)28-16-20-12-21(17-28)14-22(13-20)18-28/h1-9,15,20-22,29H,10-14,16-18H2,(H,31,32). The number of fused-ring (bicyclic) bond motifs is 1. The Balaban J connectivity index is 1.26. The van der Waals surface area contributed by atoms with E-state index in [0.717, 1.165) is 29.7 Å². The van der Waals surface area contributed by atoms with Gasteiger partial charge in [0.15, 0.2) is 0 Å². The Morgan fingerprint density at radius 1 is 0.906 bits per heavy atom. The van der Waals surface area contributed by atoms with Gasteiger partial charge < -0.3 is 0 Å². The zero-order valence-corrected chi connectivity index (χ0v) is 18.5. The number of hydrazine groups is 1. The van der Waals surface area contributed by atoms with Crippen molar-refractivity contribution in [2.24, 2.45) is 17.8 Å². The van der Waals surface area contributed by atoms with Crippen LogP contribution >= 0.6 is 0 Å². The molecule has 1 amide bonds. The first-order chi connectivity index (χ1) is 15.7. The molecule has 0 atom stereocenters. The summed E-state index contributed by atoms with van der Waals surface area (Å²) in [6, 6.07) is 20.8. The molecule has 4 aliphatic carbocycles. The average molecular weight is 426 g/mol. The Labute approximate surface area is 189 Å². The summed E-state index contributed by atoms with van der Waals surface area (Å²) in [4.78, 5) is 17.8. The molecule has 2 N–H and O–H groups in total. The van der Waals surface area contributed by atoms with Crippen LogP contribution in [0.5, 0.6) is 0 Å². The van der Waals surface area contributed by atoms with Crippen molar-refractivity contribution < 1.29 is 4.79 Å². The molecule has 4 fully saturated rings. The predicted octanol–water partition coefficient (Wildman–Crippen LogP) is 5.18. The maximum Gasteiger partial charge on any atom is 0.283 e. The number of hydrogen-bond acceptors (Lipinski definition) is 3. The molecule has 4 aliphatic rings. The maximum absolute atomic E-state index is 13.0. The van der Waals surface area contributed by atoms with Crippen LogP contribution in [-0.2, 0) is 11.8 Å². The summed E-state index contributed by atoms with van der Waals surface area (Å²) in [5.41, 5.74) is 10.3. The second kappa shape index (κ2) is 8.00. The van der Waals surface area contributed by atoms with Crippen molar-refractivity contribution in [2.45, 2.75) is 50.4 Å². The highest BCUT2D eigenvalue weighted by atomic mass is 16.2. The van der Waals surface area contributed by atoms with E-state index in [-0.39, 0.29) is 11.3 Å². The average Bonchev–Trinajstić information content (AvgIpc) is 2.81. The third kappa shape index (κ3) is 3.61. The third-order valence-corrected chi connectivity index (χ3v) is 8.14. The molecule has 1 aromatic heterocycles. The second-order valence-electron chi connectivity index (χ2n) is 10.4. The molecular formula is C28H31N3O. The largest absolute Gasteiger partial charge is 0.286 e. The van der Waals surface area contributed by atoms with Crippen LogP contribution < -0.4 is 10.9 Å². The lowest BCUT2D eigenvalue weighted by Gasteiger charge is -2.57. The first-order valence-corrected chi connectivity index (χ1v) is 12.2. The molecule has 0 aliphatic heterocycles. The number of benzene rings is 2. The maximum atomic E-state index is 13.0. The van der Waals surface area contributed by atoms with Gasteiger partial charge >= 0.3 is 0 Å². The Kier molecular flexibility index (Phi) is 4.98. The van der Waals surface area contributed by atoms with Crippen molar-refractivity contribution in [1.29, 1.82) is 0 Å². The molecule has 1 heterocycles. The van der Waals surface area contributed by atoms with Gasteiger partial charge in [0.25, 0.3) is 5.91 Å². The van der Waals surface area contributed by atoms with Crippen LogP contribution in [0.2, 0.25) is 0 Å². The van der Waals surface area contributed by atoms with Crippen molar-refractivity contribution in [3.8, 4) is 0 Å². The molecule has 3 aromatic rings. The minimum Gasteiger partial charge on any atom is -0.286 e. The van der Waals surface area contributed by atoms with Crippen LogP contribution in [0.25, 0.3) is 10.9 Å². The lowest BCUT2D eigenvalue weighted by molar-refractivity contribution is -0.00454. The van der Waals surface area contributed by atoms with Gasteiger partial charge in [-0.1, -0.05) is 48.5 Å². The first-order valence-electron chi connectivity index (χ1n) is 12.2. The first kappa shape index (κ1) is 19.9. The number of rotatable bonds is 6. The highest BCUT2D eigenvalue weighted by molar-refractivity contribution is 5.96. The predicted molar refractivity (Wildman–Crippen MR) is 127 cm³/mol. The van der Waals surface area contributed by atoms with Crippen molar-refractivity contribution in [2.75, 3.05) is 6.54 Å². The molecule has 0 radical (unpaired) electrons. The molecule has 2 aromatic carbocycles. The van der Waals surface area contributed by atoms with Crippen LogP contribution in [0.15, 0.2) is 60.7 Å². The van der Waals surface area contributed by atoms with Crippen molar-refractivity contribution in [1.82, 2.24) is 15.8 Å². The Morgan fingerprint density at radius 2 is 1.56 bits per heavy atom. The number of aromatic nitrogens is 1. The minimum absolute atomic E-state index is 0.144. The van der Waals surface area contributed by atoms with Gasteiger partial charge in [0.05, 0.1) is 5.52 Å². The minimum atomic E-state index is -0.144. The van der Waals surface area contributed by atoms with Crippen molar-refractivity contribution in [3.05, 3.63) is 77.5 Å². The molecule has 4 nitrogen and oxygen atoms in total. The van der Waals surface area contributed by atoms with Gasteiger partial charge in [0.1, 0.15) is 5.69 Å². The van der Waals surface area contributed by atoms with E-state index in [0.29, 0.717) is 12.2 Å². The third-order valence-electron chi connectivity index (χ3n) is 8.14. The highest BCUT2D eigenvalue weighted by Crippen LogP contribution is 2.61. The van der Waals surface area contributed by atoms with Crippen LogP contribution in [-0.4, -0.2) is 17.4 Å². The summed E-state index contributed by atoms with van der Waals surface area (Å²) in [7, 11) is 0. The Hall–Kier alpha value is -2.72. The zero-order chi connectivity index (χ0) is 21.5. The molecule has 32 heavy (non-hydrogen) atoms. The summed E-state index contributed by atoms with van der Waals surface area (Å²) < 4.78 is 0. The molecule has 4 saturated carbocycles. The van der Waals surface area contributed by atoms with E-state index < -0.39 is 0 Å². The van der Waals surface area contributed by atoms with Crippen LogP contribution in [0.3, 0.4) is 0 Å². The number of amides is 1. The molecule has 4 bridgehead atoms. The van der Waals surface area contributed by atoms with Crippen molar-refractivity contribution >= 4 is 16.8 Å². The van der Waals surface area contributed by atoms with Crippen LogP contribution in [0.4, 0.5) is 0 Å². The van der Waals surface area contributed by atoms with Gasteiger partial charge in [-0.15, -0.1) is 0 Å². The fourth-order valence-corrected chi connectivity index (χ4v) is 7.23. The fourth-order valence-electron chi connectivity index (χ4n) is 7.23. The number of nitrogens with zero attached hydrogens (tertiary/aromatic N) is 1. The number of carbonyl (C=O) groups is 1. The molecule has 0 spiro atoms. The Morgan fingerprint density at radius 3 is 2.28 bits per heavy atom. The number of para-hydroxylation sites is 1. The SMILES string of the molecule is O=C(NNCCc1ccccc1)c1cc(C23CC4CC(CC(C4)C2)C3)c2ccccc2n1. The van der Waals surface area contributed by atoms with Gasteiger partial charge in [0, 0.05) is 11.9 Å². The molecular weight excluding hydrogens is 394 g/mol. The molecule has 0 saturated heterocycles. The summed E-state index contributed by atoms with van der Waals surface area (Å²) in [6.07, 6.45) is 8.96. The molecule has 4 heteroatoms. The van der Waals surface area contributed by atoms with E-state index in [4.69, 9.17) is 4.98 Å². The smallest absolute Gasteiger partial charge is 0.283 e. The second-order valence-corrected chi connectivity index (χ2v) is 10.4. The monoisotopic (exact) mass is 425 g/mol. The number of hydrogen-bond donors (Lipinski definition) is 2. The van der Waals surface area contributed by atoms with Gasteiger partial charge in [-0.25, -0.2) is 10.4 Å². The fraction of sp³-hybridized carbons (Fsp3) is 0.429. The van der Waals surface area contributed by atoms with E-state index >= 15 is 0 Å². The van der Waals surface area contributed by atoms with E-state index in [1.165, 1.54) is 55.0 Å².